The average Bonchev–Trinajstić information content (AvgIpc) is 2.44. The molecule has 1 aromatic carbocycles. The first kappa shape index (κ1) is 15.9. The molecule has 0 radical (unpaired) electrons. The van der Waals surface area contributed by atoms with Gasteiger partial charge in [-0.05, 0) is 25.3 Å². The van der Waals surface area contributed by atoms with Crippen molar-refractivity contribution in [1.82, 2.24) is 0 Å². The number of nitrogens with zero attached hydrogens (tertiary/aromatic N) is 1. The lowest BCUT2D eigenvalue weighted by Gasteiger charge is -2.03. The van der Waals surface area contributed by atoms with Crippen LogP contribution < -0.4 is 0 Å². The summed E-state index contributed by atoms with van der Waals surface area (Å²) in [7, 11) is 0. The van der Waals surface area contributed by atoms with Crippen LogP contribution in [0.4, 0.5) is 3.89 Å². The quantitative estimate of drug-likeness (QED) is 0.435. The van der Waals surface area contributed by atoms with E-state index in [1.807, 2.05) is 24.3 Å². The molecule has 104 valence electrons. The van der Waals surface area contributed by atoms with Crippen LogP contribution in [0.5, 0.6) is 0 Å². The predicted octanol–water partition coefficient (Wildman–Crippen LogP) is 5.17. The number of rotatable bonds is 6. The Hall–Kier alpha value is -1.16. The smallest absolute Gasteiger partial charge is 0.152 e. The summed E-state index contributed by atoms with van der Waals surface area (Å²) >= 11 is 0.0758. The second kappa shape index (κ2) is 8.86. The van der Waals surface area contributed by atoms with Gasteiger partial charge in [0.1, 0.15) is 5.04 Å². The van der Waals surface area contributed by atoms with Crippen molar-refractivity contribution in [2.45, 2.75) is 46.0 Å². The van der Waals surface area contributed by atoms with Gasteiger partial charge in [0.2, 0.25) is 0 Å². The zero-order chi connectivity index (χ0) is 14.1. The van der Waals surface area contributed by atoms with Crippen molar-refractivity contribution >= 4 is 23.0 Å². The normalized spacial score (nSPS) is 11.6. The van der Waals surface area contributed by atoms with Crippen LogP contribution in [-0.4, -0.2) is 10.9 Å². The molecule has 0 aliphatic heterocycles. The molecule has 0 aromatic heterocycles. The molecule has 0 unspecified atom stereocenters. The van der Waals surface area contributed by atoms with Gasteiger partial charge in [-0.25, -0.2) is 4.99 Å². The number of aryl methyl sites for hydroxylation is 1. The Morgan fingerprint density at radius 3 is 2.47 bits per heavy atom. The third-order valence-electron chi connectivity index (χ3n) is 2.93. The van der Waals surface area contributed by atoms with Crippen LogP contribution >= 0.6 is 12.1 Å². The van der Waals surface area contributed by atoms with Gasteiger partial charge in [0.05, 0.1) is 12.1 Å². The lowest BCUT2D eigenvalue weighted by Crippen LogP contribution is -1.98. The van der Waals surface area contributed by atoms with Gasteiger partial charge in [0.25, 0.3) is 0 Å². The second-order valence-electron chi connectivity index (χ2n) is 4.56. The molecule has 0 fully saturated rings. The van der Waals surface area contributed by atoms with Crippen molar-refractivity contribution in [3.05, 3.63) is 35.4 Å². The Morgan fingerprint density at radius 2 is 1.89 bits per heavy atom. The summed E-state index contributed by atoms with van der Waals surface area (Å²) in [6.45, 7) is 3.76. The monoisotopic (exact) mass is 280 g/mol. The molecule has 0 aliphatic carbocycles. The summed E-state index contributed by atoms with van der Waals surface area (Å²) in [6, 6.07) is 7.83. The molecular weight excluding hydrogens is 259 g/mol. The maximum atomic E-state index is 12.2. The lowest BCUT2D eigenvalue weighted by molar-refractivity contribution is 0.667. The zero-order valence-corrected chi connectivity index (χ0v) is 12.4. The van der Waals surface area contributed by atoms with Crippen LogP contribution in [-0.2, 0) is 6.42 Å². The molecule has 0 heterocycles. The van der Waals surface area contributed by atoms with E-state index in [4.69, 9.17) is 5.41 Å². The minimum absolute atomic E-state index is 0.0758. The highest BCUT2D eigenvalue weighted by Gasteiger charge is 2.01. The van der Waals surface area contributed by atoms with Crippen LogP contribution in [0, 0.1) is 5.41 Å². The van der Waals surface area contributed by atoms with Crippen molar-refractivity contribution in [3.8, 4) is 0 Å². The van der Waals surface area contributed by atoms with Crippen molar-refractivity contribution in [1.29, 1.82) is 5.41 Å². The molecule has 0 spiro atoms. The topological polar surface area (TPSA) is 36.2 Å². The molecule has 1 rings (SSSR count). The minimum Gasteiger partial charge on any atom is -0.282 e. The molecule has 2 nitrogen and oxygen atoms in total. The highest BCUT2D eigenvalue weighted by Crippen LogP contribution is 2.12. The number of hydrogen-bond donors (Lipinski definition) is 1. The fraction of sp³-hybridized carbons (Fsp3) is 0.467. The summed E-state index contributed by atoms with van der Waals surface area (Å²) in [5.74, 6) is 0.111. The molecule has 1 N–H and O–H groups in total. The summed E-state index contributed by atoms with van der Waals surface area (Å²) in [4.78, 5) is 3.87. The van der Waals surface area contributed by atoms with Crippen LogP contribution in [0.15, 0.2) is 29.3 Å². The number of amidine groups is 1. The Balaban J connectivity index is 2.54. The van der Waals surface area contributed by atoms with Gasteiger partial charge in [-0.15, -0.1) is 0 Å². The Kier molecular flexibility index (Phi) is 7.41. The third kappa shape index (κ3) is 6.01. The first-order valence-electron chi connectivity index (χ1n) is 6.69. The number of hydrogen-bond acceptors (Lipinski definition) is 2. The maximum Gasteiger partial charge on any atom is 0.152 e. The van der Waals surface area contributed by atoms with Gasteiger partial charge in [-0.2, -0.15) is 3.89 Å². The Bertz CT molecular complexity index is 426. The molecule has 0 amide bonds. The molecule has 0 saturated carbocycles. The predicted molar refractivity (Wildman–Crippen MR) is 82.9 cm³/mol. The largest absolute Gasteiger partial charge is 0.282 e. The number of nitrogens with one attached hydrogen (secondary N) is 1. The van der Waals surface area contributed by atoms with Crippen molar-refractivity contribution in [2.75, 3.05) is 0 Å². The maximum absolute atomic E-state index is 12.2. The molecule has 0 aliphatic rings. The van der Waals surface area contributed by atoms with Crippen molar-refractivity contribution in [2.24, 2.45) is 4.99 Å². The van der Waals surface area contributed by atoms with Gasteiger partial charge < -0.3 is 0 Å². The van der Waals surface area contributed by atoms with E-state index in [1.54, 1.807) is 6.92 Å². The van der Waals surface area contributed by atoms with Gasteiger partial charge in [0, 0.05) is 5.56 Å². The molecule has 0 bridgehead atoms. The number of benzene rings is 1. The highest BCUT2D eigenvalue weighted by atomic mass is 32.2. The van der Waals surface area contributed by atoms with Crippen LogP contribution in [0.2, 0.25) is 0 Å². The van der Waals surface area contributed by atoms with Crippen LogP contribution in [0.3, 0.4) is 0 Å². The molecule has 0 saturated heterocycles. The van der Waals surface area contributed by atoms with Gasteiger partial charge in [-0.1, -0.05) is 50.5 Å². The fourth-order valence-electron chi connectivity index (χ4n) is 1.82. The average molecular weight is 280 g/mol. The van der Waals surface area contributed by atoms with Crippen molar-refractivity contribution in [3.63, 3.8) is 0 Å². The number of halogens is 1. The van der Waals surface area contributed by atoms with E-state index in [1.165, 1.54) is 31.2 Å². The van der Waals surface area contributed by atoms with Crippen molar-refractivity contribution < 1.29 is 3.89 Å². The first-order valence-corrected chi connectivity index (χ1v) is 7.40. The minimum atomic E-state index is 0.0758. The first-order chi connectivity index (χ1) is 9.17. The van der Waals surface area contributed by atoms with Gasteiger partial charge >= 0.3 is 0 Å². The molecule has 4 heteroatoms. The van der Waals surface area contributed by atoms with E-state index in [9.17, 15) is 3.89 Å². The molecule has 0 atom stereocenters. The number of unbranched alkanes of at least 4 members (excludes halogenated alkanes) is 3. The Morgan fingerprint density at radius 1 is 1.21 bits per heavy atom. The zero-order valence-electron chi connectivity index (χ0n) is 11.6. The summed E-state index contributed by atoms with van der Waals surface area (Å²) in [5.41, 5.74) is 2.01. The summed E-state index contributed by atoms with van der Waals surface area (Å²) in [6.07, 6.45) is 6.10. The summed E-state index contributed by atoms with van der Waals surface area (Å²) < 4.78 is 12.2. The lowest BCUT2D eigenvalue weighted by atomic mass is 10.0. The standard InChI is InChI=1S/C15H21FN2S/c1-3-4-5-6-7-13-8-10-14(11-9-13)15(17)18-12(2)19-16/h8-11,17H,3-7H2,1-2H3. The van der Waals surface area contributed by atoms with E-state index < -0.39 is 0 Å². The molecule has 1 aromatic rings. The van der Waals surface area contributed by atoms with Crippen LogP contribution in [0.25, 0.3) is 0 Å². The Labute approximate surface area is 119 Å². The molecule has 19 heavy (non-hydrogen) atoms. The van der Waals surface area contributed by atoms with Gasteiger partial charge in [-0.3, -0.25) is 5.41 Å². The second-order valence-corrected chi connectivity index (χ2v) is 5.31. The highest BCUT2D eigenvalue weighted by molar-refractivity contribution is 8.09. The fourth-order valence-corrected chi connectivity index (χ4v) is 1.95. The molecular formula is C15H21FN2S. The summed E-state index contributed by atoms with van der Waals surface area (Å²) in [5, 5.41) is 8.02. The van der Waals surface area contributed by atoms with E-state index in [0.717, 1.165) is 12.0 Å². The van der Waals surface area contributed by atoms with E-state index in [0.29, 0.717) is 0 Å². The number of aliphatic imine (C=N–C) groups is 1. The SMILES string of the molecule is CCCCCCc1ccc(C(=N)N=C(C)SF)cc1. The van der Waals surface area contributed by atoms with E-state index in [2.05, 4.69) is 11.9 Å². The van der Waals surface area contributed by atoms with Crippen LogP contribution in [0.1, 0.15) is 50.7 Å². The van der Waals surface area contributed by atoms with E-state index >= 15 is 0 Å². The third-order valence-corrected chi connectivity index (χ3v) is 3.24. The van der Waals surface area contributed by atoms with Gasteiger partial charge in [0.15, 0.2) is 5.84 Å². The van der Waals surface area contributed by atoms with E-state index in [-0.39, 0.29) is 23.0 Å².